The second-order valence-electron chi connectivity index (χ2n) is 6.92. The van der Waals surface area contributed by atoms with Crippen LogP contribution in [0.1, 0.15) is 17.5 Å². The summed E-state index contributed by atoms with van der Waals surface area (Å²) in [5.74, 6) is 0.0527. The predicted octanol–water partition coefficient (Wildman–Crippen LogP) is 2.65. The molecule has 0 spiro atoms. The van der Waals surface area contributed by atoms with Gasteiger partial charge >= 0.3 is 6.18 Å². The van der Waals surface area contributed by atoms with Crippen molar-refractivity contribution in [2.24, 2.45) is 0 Å². The number of nitrogens with one attached hydrogen (secondary N) is 3. The van der Waals surface area contributed by atoms with Crippen LogP contribution in [-0.4, -0.2) is 45.3 Å². The minimum Gasteiger partial charge on any atom is -0.392 e. The molecule has 0 radical (unpaired) electrons. The van der Waals surface area contributed by atoms with Gasteiger partial charge in [0, 0.05) is 48.0 Å². The molecule has 3 heterocycles. The van der Waals surface area contributed by atoms with Crippen molar-refractivity contribution in [3.05, 3.63) is 41.7 Å². The van der Waals surface area contributed by atoms with Gasteiger partial charge in [0.1, 0.15) is 5.56 Å². The van der Waals surface area contributed by atoms with Crippen LogP contribution in [0.25, 0.3) is 22.2 Å². The summed E-state index contributed by atoms with van der Waals surface area (Å²) in [5.41, 5.74) is 0.00435. The number of aromatic amines is 1. The van der Waals surface area contributed by atoms with Crippen molar-refractivity contribution in [1.82, 2.24) is 20.3 Å². The Balaban J connectivity index is 1.77. The van der Waals surface area contributed by atoms with E-state index < -0.39 is 17.8 Å². The van der Waals surface area contributed by atoms with Crippen molar-refractivity contribution >= 4 is 16.9 Å². The third-order valence-electron chi connectivity index (χ3n) is 4.82. The van der Waals surface area contributed by atoms with Crippen LogP contribution in [0, 0.1) is 11.3 Å². The Labute approximate surface area is 163 Å². The summed E-state index contributed by atoms with van der Waals surface area (Å²) in [5, 5.41) is 25.3. The van der Waals surface area contributed by atoms with Crippen molar-refractivity contribution < 1.29 is 18.3 Å². The molecule has 1 aliphatic heterocycles. The van der Waals surface area contributed by atoms with Gasteiger partial charge in [-0.2, -0.15) is 18.4 Å². The zero-order chi connectivity index (χ0) is 20.6. The van der Waals surface area contributed by atoms with Gasteiger partial charge in [0.2, 0.25) is 5.95 Å². The number of fused-ring (bicyclic) bond motifs is 1. The number of rotatable bonds is 3. The number of nitriles is 1. The van der Waals surface area contributed by atoms with Crippen LogP contribution < -0.4 is 10.6 Å². The molecule has 2 atom stereocenters. The maximum absolute atomic E-state index is 13.6. The van der Waals surface area contributed by atoms with Crippen LogP contribution in [-0.2, 0) is 6.18 Å². The van der Waals surface area contributed by atoms with Gasteiger partial charge in [0.25, 0.3) is 0 Å². The fourth-order valence-electron chi connectivity index (χ4n) is 3.47. The molecule has 0 amide bonds. The number of β-amino-alcohol motifs (C(OH)–C–C–N with tert-alkyl or cyclic N) is 1. The number of aliphatic hydroxyl groups excluding tert-OH is 1. The van der Waals surface area contributed by atoms with Crippen molar-refractivity contribution in [2.75, 3.05) is 18.4 Å². The molecule has 1 aliphatic rings. The van der Waals surface area contributed by atoms with Gasteiger partial charge in [0.05, 0.1) is 23.4 Å². The Morgan fingerprint density at radius 1 is 1.28 bits per heavy atom. The summed E-state index contributed by atoms with van der Waals surface area (Å²) >= 11 is 0. The van der Waals surface area contributed by atoms with E-state index in [4.69, 9.17) is 5.26 Å². The third kappa shape index (κ3) is 3.87. The maximum atomic E-state index is 13.6. The molecule has 4 rings (SSSR count). The highest BCUT2D eigenvalue weighted by Gasteiger charge is 2.36. The van der Waals surface area contributed by atoms with Crippen LogP contribution in [0.3, 0.4) is 0 Å². The van der Waals surface area contributed by atoms with Gasteiger partial charge in [0.15, 0.2) is 0 Å². The molecule has 10 heteroatoms. The molecule has 150 valence electrons. The molecule has 29 heavy (non-hydrogen) atoms. The average molecular weight is 402 g/mol. The zero-order valence-corrected chi connectivity index (χ0v) is 15.1. The number of piperidine rings is 1. The van der Waals surface area contributed by atoms with E-state index in [9.17, 15) is 18.3 Å². The van der Waals surface area contributed by atoms with Gasteiger partial charge in [-0.05, 0) is 18.6 Å². The Bertz CT molecular complexity index is 1090. The Morgan fingerprint density at radius 2 is 2.10 bits per heavy atom. The van der Waals surface area contributed by atoms with Gasteiger partial charge in [-0.15, -0.1) is 0 Å². The monoisotopic (exact) mass is 402 g/mol. The number of anilines is 1. The zero-order valence-electron chi connectivity index (χ0n) is 15.1. The number of H-pyrrole nitrogens is 1. The minimum absolute atomic E-state index is 0.0527. The Hall–Kier alpha value is -3.16. The molecular weight excluding hydrogens is 385 g/mol. The first kappa shape index (κ1) is 19.2. The molecule has 0 saturated carbocycles. The minimum atomic E-state index is -4.63. The fourth-order valence-corrected chi connectivity index (χ4v) is 3.47. The summed E-state index contributed by atoms with van der Waals surface area (Å²) < 4.78 is 40.8. The van der Waals surface area contributed by atoms with E-state index in [-0.39, 0.29) is 23.2 Å². The van der Waals surface area contributed by atoms with Gasteiger partial charge in [-0.25, -0.2) is 9.97 Å². The largest absolute Gasteiger partial charge is 0.419 e. The molecule has 1 aromatic carbocycles. The standard InChI is InChI=1S/C19H17F3N6O/c20-19(21,22)15-9-26-18(27-11-4-12(29)7-24-6-11)28-17(15)14-8-25-16-3-10(5-23)1-2-13(14)16/h1-3,8-9,11-12,24-25,29H,4,6-7H2,(H,26,27,28)/t11-,12+/m0/s1. The van der Waals surface area contributed by atoms with Gasteiger partial charge < -0.3 is 20.7 Å². The topological polar surface area (TPSA) is 110 Å². The van der Waals surface area contributed by atoms with Crippen LogP contribution in [0.15, 0.2) is 30.6 Å². The van der Waals surface area contributed by atoms with E-state index >= 15 is 0 Å². The Kier molecular flexibility index (Phi) is 4.86. The average Bonchev–Trinajstić information content (AvgIpc) is 3.10. The lowest BCUT2D eigenvalue weighted by Crippen LogP contribution is -2.46. The molecule has 0 unspecified atom stereocenters. The molecule has 2 aromatic heterocycles. The Morgan fingerprint density at radius 3 is 2.83 bits per heavy atom. The van der Waals surface area contributed by atoms with Gasteiger partial charge in [-0.1, -0.05) is 6.07 Å². The van der Waals surface area contributed by atoms with E-state index in [2.05, 4.69) is 25.6 Å². The van der Waals surface area contributed by atoms with E-state index in [1.54, 1.807) is 18.2 Å². The maximum Gasteiger partial charge on any atom is 0.419 e. The smallest absolute Gasteiger partial charge is 0.392 e. The first-order valence-electron chi connectivity index (χ1n) is 8.96. The molecule has 1 fully saturated rings. The predicted molar refractivity (Wildman–Crippen MR) is 99.9 cm³/mol. The lowest BCUT2D eigenvalue weighted by molar-refractivity contribution is -0.137. The van der Waals surface area contributed by atoms with E-state index in [0.717, 1.165) is 6.20 Å². The number of alkyl halides is 3. The summed E-state index contributed by atoms with van der Waals surface area (Å²) in [7, 11) is 0. The van der Waals surface area contributed by atoms with Crippen molar-refractivity contribution in [3.8, 4) is 17.3 Å². The summed E-state index contributed by atoms with van der Waals surface area (Å²) in [4.78, 5) is 10.9. The summed E-state index contributed by atoms with van der Waals surface area (Å²) in [6.07, 6.45) is -2.53. The number of aliphatic hydroxyl groups is 1. The lowest BCUT2D eigenvalue weighted by Gasteiger charge is -2.27. The first-order chi connectivity index (χ1) is 13.8. The van der Waals surface area contributed by atoms with Crippen molar-refractivity contribution in [2.45, 2.75) is 24.7 Å². The second kappa shape index (κ2) is 7.35. The summed E-state index contributed by atoms with van der Waals surface area (Å²) in [6, 6.07) is 6.50. The highest BCUT2D eigenvalue weighted by atomic mass is 19.4. The van der Waals surface area contributed by atoms with E-state index in [1.807, 2.05) is 6.07 Å². The molecule has 7 nitrogen and oxygen atoms in total. The highest BCUT2D eigenvalue weighted by Crippen LogP contribution is 2.38. The molecule has 1 saturated heterocycles. The summed E-state index contributed by atoms with van der Waals surface area (Å²) in [6.45, 7) is 1.01. The number of aromatic nitrogens is 3. The first-order valence-corrected chi connectivity index (χ1v) is 8.96. The van der Waals surface area contributed by atoms with Crippen LogP contribution in [0.5, 0.6) is 0 Å². The second-order valence-corrected chi connectivity index (χ2v) is 6.92. The van der Waals surface area contributed by atoms with Crippen molar-refractivity contribution in [1.29, 1.82) is 5.26 Å². The number of nitrogens with zero attached hydrogens (tertiary/aromatic N) is 3. The number of benzene rings is 1. The molecule has 0 aliphatic carbocycles. The molecule has 4 N–H and O–H groups in total. The van der Waals surface area contributed by atoms with Crippen LogP contribution in [0.2, 0.25) is 0 Å². The molecule has 0 bridgehead atoms. The highest BCUT2D eigenvalue weighted by molar-refractivity contribution is 5.96. The lowest BCUT2D eigenvalue weighted by atomic mass is 10.0. The van der Waals surface area contributed by atoms with Crippen LogP contribution in [0.4, 0.5) is 19.1 Å². The fraction of sp³-hybridized carbons (Fsp3) is 0.316. The number of hydrogen-bond acceptors (Lipinski definition) is 6. The number of halogens is 3. The van der Waals surface area contributed by atoms with Crippen LogP contribution >= 0.6 is 0 Å². The quantitative estimate of drug-likeness (QED) is 0.536. The van der Waals surface area contributed by atoms with Crippen molar-refractivity contribution in [3.63, 3.8) is 0 Å². The molecule has 3 aromatic rings. The van der Waals surface area contributed by atoms with Gasteiger partial charge in [-0.3, -0.25) is 0 Å². The molecular formula is C19H17F3N6O. The van der Waals surface area contributed by atoms with E-state index in [0.29, 0.717) is 36.0 Å². The van der Waals surface area contributed by atoms with E-state index in [1.165, 1.54) is 6.20 Å². The normalized spacial score (nSPS) is 19.8. The number of hydrogen-bond donors (Lipinski definition) is 4. The SMILES string of the molecule is N#Cc1ccc2c(-c3nc(N[C@@H]4CNC[C@H](O)C4)ncc3C(F)(F)F)c[nH]c2c1. The third-order valence-corrected chi connectivity index (χ3v) is 4.82.